The van der Waals surface area contributed by atoms with Crippen LogP contribution in [0.3, 0.4) is 0 Å². The molecule has 2 N–H and O–H groups in total. The van der Waals surface area contributed by atoms with Crippen molar-refractivity contribution in [1.29, 1.82) is 0 Å². The van der Waals surface area contributed by atoms with Crippen LogP contribution in [0, 0.1) is 13.8 Å². The minimum atomic E-state index is -0.336. The van der Waals surface area contributed by atoms with Crippen molar-refractivity contribution in [2.24, 2.45) is 0 Å². The molecule has 6 heteroatoms. The van der Waals surface area contributed by atoms with E-state index in [1.165, 1.54) is 6.42 Å². The Morgan fingerprint density at radius 3 is 2.48 bits per heavy atom. The molecule has 152 valence electrons. The fourth-order valence-electron chi connectivity index (χ4n) is 3.76. The molecule has 0 spiro atoms. The van der Waals surface area contributed by atoms with E-state index >= 15 is 0 Å². The van der Waals surface area contributed by atoms with Crippen LogP contribution in [0.1, 0.15) is 86.6 Å². The Bertz CT molecular complexity index is 647. The number of hydrogen-bond acceptors (Lipinski definition) is 3. The van der Waals surface area contributed by atoms with E-state index in [4.69, 9.17) is 4.74 Å². The van der Waals surface area contributed by atoms with Gasteiger partial charge in [-0.05, 0) is 58.1 Å². The summed E-state index contributed by atoms with van der Waals surface area (Å²) in [5.41, 5.74) is 3.31. The first-order chi connectivity index (χ1) is 12.9. The first kappa shape index (κ1) is 21.3. The molecule has 6 nitrogen and oxygen atoms in total. The van der Waals surface area contributed by atoms with E-state index in [9.17, 15) is 9.59 Å². The Labute approximate surface area is 163 Å². The second-order valence-corrected chi connectivity index (χ2v) is 7.63. The Balaban J connectivity index is 2.26. The molecule has 2 amide bonds. The third kappa shape index (κ3) is 5.27. The molecule has 1 heterocycles. The summed E-state index contributed by atoms with van der Waals surface area (Å²) in [6.07, 6.45) is 6.56. The standard InChI is InChI=1S/C21H35N3O3/c1-6-14(3)22-21(26)24(17-11-9-8-10-12-17)13-18-15(4)19(23-16(18)5)20(25)27-7-2/h14,17,23H,6-13H2,1-5H3,(H,22,26)/t14-/m1/s1. The molecule has 2 rings (SSSR count). The summed E-state index contributed by atoms with van der Waals surface area (Å²) < 4.78 is 5.15. The number of carbonyl (C=O) groups is 2. The van der Waals surface area contributed by atoms with Crippen molar-refractivity contribution in [2.45, 2.75) is 91.8 Å². The number of urea groups is 1. The average molecular weight is 378 g/mol. The third-order valence-electron chi connectivity index (χ3n) is 5.66. The molecule has 1 aromatic heterocycles. The average Bonchev–Trinajstić information content (AvgIpc) is 2.94. The van der Waals surface area contributed by atoms with Crippen molar-refractivity contribution >= 4 is 12.0 Å². The number of rotatable bonds is 7. The number of ether oxygens (including phenoxy) is 1. The predicted molar refractivity (Wildman–Crippen MR) is 107 cm³/mol. The number of esters is 1. The molecule has 0 unspecified atom stereocenters. The second kappa shape index (κ2) is 9.81. The Morgan fingerprint density at radius 2 is 1.89 bits per heavy atom. The van der Waals surface area contributed by atoms with Crippen molar-refractivity contribution in [3.63, 3.8) is 0 Å². The zero-order valence-electron chi connectivity index (χ0n) is 17.5. The SMILES string of the molecule is CCOC(=O)c1[nH]c(C)c(CN(C(=O)N[C@H](C)CC)C2CCCCC2)c1C. The van der Waals surface area contributed by atoms with Crippen LogP contribution in [0.4, 0.5) is 4.79 Å². The van der Waals surface area contributed by atoms with Crippen LogP contribution in [0.25, 0.3) is 0 Å². The monoisotopic (exact) mass is 377 g/mol. The molecule has 0 bridgehead atoms. The first-order valence-electron chi connectivity index (χ1n) is 10.3. The third-order valence-corrected chi connectivity index (χ3v) is 5.66. The molecule has 0 radical (unpaired) electrons. The lowest BCUT2D eigenvalue weighted by Gasteiger charge is -2.35. The molecule has 0 aliphatic heterocycles. The normalized spacial score (nSPS) is 16.0. The maximum atomic E-state index is 13.0. The van der Waals surface area contributed by atoms with E-state index in [0.717, 1.165) is 48.9 Å². The van der Waals surface area contributed by atoms with Gasteiger partial charge in [0.25, 0.3) is 0 Å². The van der Waals surface area contributed by atoms with Gasteiger partial charge in [-0.2, -0.15) is 0 Å². The number of aromatic nitrogens is 1. The van der Waals surface area contributed by atoms with Gasteiger partial charge in [-0.15, -0.1) is 0 Å². The summed E-state index contributed by atoms with van der Waals surface area (Å²) >= 11 is 0. The van der Waals surface area contributed by atoms with E-state index in [-0.39, 0.29) is 24.1 Å². The highest BCUT2D eigenvalue weighted by atomic mass is 16.5. The topological polar surface area (TPSA) is 74.4 Å². The molecule has 0 saturated heterocycles. The number of nitrogens with one attached hydrogen (secondary N) is 2. The Morgan fingerprint density at radius 1 is 1.22 bits per heavy atom. The quantitative estimate of drug-likeness (QED) is 0.689. The fraction of sp³-hybridized carbons (Fsp3) is 0.714. The lowest BCUT2D eigenvalue weighted by molar-refractivity contribution is 0.0519. The van der Waals surface area contributed by atoms with Gasteiger partial charge in [0.1, 0.15) is 5.69 Å². The number of hydrogen-bond donors (Lipinski definition) is 2. The van der Waals surface area contributed by atoms with Gasteiger partial charge >= 0.3 is 12.0 Å². The molecular weight excluding hydrogens is 342 g/mol. The van der Waals surface area contributed by atoms with Crippen LogP contribution in [0.15, 0.2) is 0 Å². The number of amides is 2. The van der Waals surface area contributed by atoms with Crippen molar-refractivity contribution in [3.05, 3.63) is 22.5 Å². The minimum absolute atomic E-state index is 0.00562. The van der Waals surface area contributed by atoms with Crippen molar-refractivity contribution in [2.75, 3.05) is 6.61 Å². The maximum absolute atomic E-state index is 13.0. The summed E-state index contributed by atoms with van der Waals surface area (Å²) in [6, 6.07) is 0.392. The summed E-state index contributed by atoms with van der Waals surface area (Å²) in [7, 11) is 0. The Hall–Kier alpha value is -1.98. The van der Waals surface area contributed by atoms with Gasteiger partial charge in [0.2, 0.25) is 0 Å². The van der Waals surface area contributed by atoms with E-state index < -0.39 is 0 Å². The predicted octanol–water partition coefficient (Wildman–Crippen LogP) is 4.45. The highest BCUT2D eigenvalue weighted by molar-refractivity contribution is 5.89. The van der Waals surface area contributed by atoms with Crippen molar-refractivity contribution in [1.82, 2.24) is 15.2 Å². The number of aromatic amines is 1. The fourth-order valence-corrected chi connectivity index (χ4v) is 3.76. The summed E-state index contributed by atoms with van der Waals surface area (Å²) in [5, 5.41) is 3.12. The lowest BCUT2D eigenvalue weighted by atomic mass is 9.93. The van der Waals surface area contributed by atoms with Crippen LogP contribution in [0.5, 0.6) is 0 Å². The van der Waals surface area contributed by atoms with Crippen molar-refractivity contribution < 1.29 is 14.3 Å². The molecule has 1 fully saturated rings. The number of aryl methyl sites for hydroxylation is 1. The summed E-state index contributed by atoms with van der Waals surface area (Å²) in [5.74, 6) is -0.336. The lowest BCUT2D eigenvalue weighted by Crippen LogP contribution is -2.48. The molecule has 1 atom stereocenters. The van der Waals surface area contributed by atoms with Crippen LogP contribution < -0.4 is 5.32 Å². The highest BCUT2D eigenvalue weighted by Crippen LogP contribution is 2.27. The summed E-state index contributed by atoms with van der Waals surface area (Å²) in [6.45, 7) is 10.6. The van der Waals surface area contributed by atoms with Gasteiger partial charge in [0.05, 0.1) is 6.61 Å². The number of H-pyrrole nitrogens is 1. The highest BCUT2D eigenvalue weighted by Gasteiger charge is 2.28. The van der Waals surface area contributed by atoms with Gasteiger partial charge in [-0.1, -0.05) is 26.2 Å². The largest absolute Gasteiger partial charge is 0.461 e. The van der Waals surface area contributed by atoms with Crippen LogP contribution >= 0.6 is 0 Å². The van der Waals surface area contributed by atoms with E-state index in [2.05, 4.69) is 17.2 Å². The zero-order chi connectivity index (χ0) is 20.0. The number of nitrogens with zero attached hydrogens (tertiary/aromatic N) is 1. The van der Waals surface area contributed by atoms with Gasteiger partial charge in [-0.3, -0.25) is 0 Å². The molecule has 1 aromatic rings. The van der Waals surface area contributed by atoms with E-state index in [0.29, 0.717) is 18.8 Å². The molecule has 1 aliphatic rings. The van der Waals surface area contributed by atoms with E-state index in [1.54, 1.807) is 6.92 Å². The Kier molecular flexibility index (Phi) is 7.75. The minimum Gasteiger partial charge on any atom is -0.461 e. The molecular formula is C21H35N3O3. The second-order valence-electron chi connectivity index (χ2n) is 7.63. The van der Waals surface area contributed by atoms with Gasteiger partial charge in [0, 0.05) is 24.3 Å². The van der Waals surface area contributed by atoms with Crippen molar-refractivity contribution in [3.8, 4) is 0 Å². The first-order valence-corrected chi connectivity index (χ1v) is 10.3. The number of carbonyl (C=O) groups excluding carboxylic acids is 2. The smallest absolute Gasteiger partial charge is 0.355 e. The van der Waals surface area contributed by atoms with Gasteiger partial charge < -0.3 is 19.9 Å². The molecule has 27 heavy (non-hydrogen) atoms. The molecule has 1 aliphatic carbocycles. The van der Waals surface area contributed by atoms with Gasteiger partial charge in [-0.25, -0.2) is 9.59 Å². The van der Waals surface area contributed by atoms with E-state index in [1.807, 2.05) is 25.7 Å². The molecule has 0 aromatic carbocycles. The van der Waals surface area contributed by atoms with Crippen LogP contribution in [0.2, 0.25) is 0 Å². The van der Waals surface area contributed by atoms with Crippen LogP contribution in [-0.2, 0) is 11.3 Å². The zero-order valence-corrected chi connectivity index (χ0v) is 17.5. The van der Waals surface area contributed by atoms with Gasteiger partial charge in [0.15, 0.2) is 0 Å². The molecule has 1 saturated carbocycles. The maximum Gasteiger partial charge on any atom is 0.355 e. The summed E-state index contributed by atoms with van der Waals surface area (Å²) in [4.78, 5) is 30.3. The van der Waals surface area contributed by atoms with Crippen LogP contribution in [-0.4, -0.2) is 40.6 Å².